The normalized spacial score (nSPS) is 11.8. The maximum absolute atomic E-state index is 13.2. The van der Waals surface area contributed by atoms with Gasteiger partial charge in [0.05, 0.1) is 12.8 Å². The van der Waals surface area contributed by atoms with Crippen molar-refractivity contribution in [2.45, 2.75) is 6.18 Å². The average Bonchev–Trinajstić information content (AvgIpc) is 3.03. The third kappa shape index (κ3) is 2.63. The van der Waals surface area contributed by atoms with Crippen LogP contribution in [-0.4, -0.2) is 27.6 Å². The zero-order chi connectivity index (χ0) is 16.8. The number of imidazole rings is 1. The van der Waals surface area contributed by atoms with Gasteiger partial charge in [0.25, 0.3) is 0 Å². The summed E-state index contributed by atoms with van der Waals surface area (Å²) in [6, 6.07) is 6.71. The van der Waals surface area contributed by atoms with E-state index in [1.807, 2.05) is 0 Å². The Balaban J connectivity index is 2.20. The van der Waals surface area contributed by atoms with E-state index in [0.29, 0.717) is 28.3 Å². The third-order valence-corrected chi connectivity index (χ3v) is 4.19. The van der Waals surface area contributed by atoms with Gasteiger partial charge in [-0.25, -0.2) is 9.78 Å². The zero-order valence-corrected chi connectivity index (χ0v) is 12.4. The molecular formula is C14H9F3N2O3S. The summed E-state index contributed by atoms with van der Waals surface area (Å²) in [7, 11) is 1.48. The van der Waals surface area contributed by atoms with Gasteiger partial charge < -0.3 is 9.84 Å². The van der Waals surface area contributed by atoms with Crippen LogP contribution in [0.25, 0.3) is 16.2 Å². The Morgan fingerprint density at radius 1 is 1.39 bits per heavy atom. The third-order valence-electron chi connectivity index (χ3n) is 3.15. The number of hydrogen-bond acceptors (Lipinski definition) is 4. The van der Waals surface area contributed by atoms with E-state index in [2.05, 4.69) is 4.98 Å². The predicted octanol–water partition coefficient (Wildman–Crippen LogP) is 3.79. The first-order valence-corrected chi connectivity index (χ1v) is 7.09. The molecule has 0 spiro atoms. The molecule has 0 atom stereocenters. The molecule has 0 aliphatic heterocycles. The molecule has 0 aliphatic carbocycles. The van der Waals surface area contributed by atoms with Gasteiger partial charge in [-0.15, -0.1) is 0 Å². The molecular weight excluding hydrogens is 333 g/mol. The summed E-state index contributed by atoms with van der Waals surface area (Å²) in [6.07, 6.45) is -3.62. The lowest BCUT2D eigenvalue weighted by molar-refractivity contribution is -0.142. The molecule has 23 heavy (non-hydrogen) atoms. The number of halogens is 3. The highest BCUT2D eigenvalue weighted by atomic mass is 32.1. The number of aromatic nitrogens is 2. The second-order valence-electron chi connectivity index (χ2n) is 4.59. The van der Waals surface area contributed by atoms with E-state index in [9.17, 15) is 18.0 Å². The molecule has 9 heteroatoms. The van der Waals surface area contributed by atoms with Crippen molar-refractivity contribution >= 4 is 22.3 Å². The van der Waals surface area contributed by atoms with Crippen molar-refractivity contribution in [3.05, 3.63) is 41.0 Å². The Kier molecular flexibility index (Phi) is 3.52. The molecule has 0 saturated carbocycles. The largest absolute Gasteiger partial charge is 0.497 e. The number of thiazole rings is 1. The number of hydrogen-bond donors (Lipinski definition) is 1. The molecule has 1 aromatic carbocycles. The summed E-state index contributed by atoms with van der Waals surface area (Å²) in [5.74, 6) is -1.09. The fourth-order valence-corrected chi connectivity index (χ4v) is 3.14. The van der Waals surface area contributed by atoms with Crippen molar-refractivity contribution in [1.29, 1.82) is 0 Å². The first kappa shape index (κ1) is 15.3. The number of carboxylic acids is 1. The van der Waals surface area contributed by atoms with Crippen molar-refractivity contribution in [3.8, 4) is 17.0 Å². The Hall–Kier alpha value is -2.55. The fraction of sp³-hybridized carbons (Fsp3) is 0.143. The second kappa shape index (κ2) is 5.27. The monoisotopic (exact) mass is 342 g/mol. The first-order valence-electron chi connectivity index (χ1n) is 6.28. The Morgan fingerprint density at radius 3 is 2.74 bits per heavy atom. The minimum atomic E-state index is -4.79. The maximum atomic E-state index is 13.2. The molecule has 0 unspecified atom stereocenters. The van der Waals surface area contributed by atoms with Crippen LogP contribution >= 0.6 is 11.3 Å². The SMILES string of the molecule is COc1cccc(-c2cn3c(C(F)(F)F)c(C(=O)O)sc3n2)c1. The van der Waals surface area contributed by atoms with Gasteiger partial charge in [-0.2, -0.15) is 13.2 Å². The van der Waals surface area contributed by atoms with Gasteiger partial charge in [0.2, 0.25) is 0 Å². The van der Waals surface area contributed by atoms with Crippen LogP contribution in [0.15, 0.2) is 30.5 Å². The summed E-state index contributed by atoms with van der Waals surface area (Å²) >= 11 is 0.485. The van der Waals surface area contributed by atoms with Crippen LogP contribution in [0.5, 0.6) is 5.75 Å². The van der Waals surface area contributed by atoms with E-state index >= 15 is 0 Å². The van der Waals surface area contributed by atoms with Gasteiger partial charge in [-0.05, 0) is 12.1 Å². The lowest BCUT2D eigenvalue weighted by Crippen LogP contribution is -2.13. The van der Waals surface area contributed by atoms with Crippen LogP contribution in [0.1, 0.15) is 15.4 Å². The molecule has 2 heterocycles. The number of carboxylic acid groups (broad SMARTS) is 1. The highest BCUT2D eigenvalue weighted by Crippen LogP contribution is 2.38. The Bertz CT molecular complexity index is 898. The Morgan fingerprint density at radius 2 is 2.13 bits per heavy atom. The molecule has 2 aromatic heterocycles. The number of alkyl halides is 3. The molecule has 0 saturated heterocycles. The van der Waals surface area contributed by atoms with Gasteiger partial charge >= 0.3 is 12.1 Å². The molecule has 0 amide bonds. The van der Waals surface area contributed by atoms with Crippen LogP contribution in [0.2, 0.25) is 0 Å². The average molecular weight is 342 g/mol. The van der Waals surface area contributed by atoms with Crippen molar-refractivity contribution in [2.24, 2.45) is 0 Å². The van der Waals surface area contributed by atoms with E-state index in [0.717, 1.165) is 4.40 Å². The number of fused-ring (bicyclic) bond motifs is 1. The van der Waals surface area contributed by atoms with Crippen LogP contribution < -0.4 is 4.74 Å². The zero-order valence-electron chi connectivity index (χ0n) is 11.6. The molecule has 120 valence electrons. The summed E-state index contributed by atoms with van der Waals surface area (Å²) < 4.78 is 45.4. The Labute approximate surface area is 131 Å². The van der Waals surface area contributed by atoms with E-state index < -0.39 is 22.7 Å². The van der Waals surface area contributed by atoms with Gasteiger partial charge in [-0.1, -0.05) is 23.5 Å². The predicted molar refractivity (Wildman–Crippen MR) is 77.0 cm³/mol. The smallest absolute Gasteiger partial charge is 0.433 e. The quantitative estimate of drug-likeness (QED) is 0.787. The molecule has 0 bridgehead atoms. The van der Waals surface area contributed by atoms with Crippen molar-refractivity contribution in [2.75, 3.05) is 7.11 Å². The lowest BCUT2D eigenvalue weighted by Gasteiger charge is -2.06. The van der Waals surface area contributed by atoms with Gasteiger partial charge in [-0.3, -0.25) is 4.40 Å². The van der Waals surface area contributed by atoms with E-state index in [-0.39, 0.29) is 4.96 Å². The van der Waals surface area contributed by atoms with E-state index in [1.165, 1.54) is 13.3 Å². The number of benzene rings is 1. The summed E-state index contributed by atoms with van der Waals surface area (Å²) in [6.45, 7) is 0. The molecule has 1 N–H and O–H groups in total. The molecule has 0 radical (unpaired) electrons. The minimum Gasteiger partial charge on any atom is -0.497 e. The number of methoxy groups -OCH3 is 1. The fourth-order valence-electron chi connectivity index (χ4n) is 2.18. The minimum absolute atomic E-state index is 0.0347. The van der Waals surface area contributed by atoms with Crippen LogP contribution in [0.3, 0.4) is 0 Å². The second-order valence-corrected chi connectivity index (χ2v) is 5.57. The van der Waals surface area contributed by atoms with Gasteiger partial charge in [0.1, 0.15) is 10.6 Å². The lowest BCUT2D eigenvalue weighted by atomic mass is 10.1. The topological polar surface area (TPSA) is 63.8 Å². The highest BCUT2D eigenvalue weighted by Gasteiger charge is 2.40. The number of rotatable bonds is 3. The van der Waals surface area contributed by atoms with Crippen molar-refractivity contribution in [1.82, 2.24) is 9.38 Å². The van der Waals surface area contributed by atoms with Crippen molar-refractivity contribution < 1.29 is 27.8 Å². The first-order chi connectivity index (χ1) is 10.8. The molecule has 5 nitrogen and oxygen atoms in total. The standard InChI is InChI=1S/C14H9F3N2O3S/c1-22-8-4-2-3-7(5-8)9-6-19-11(14(15,16)17)10(12(20)21)23-13(19)18-9/h2-6H,1H3,(H,20,21). The van der Waals surface area contributed by atoms with Crippen LogP contribution in [0.4, 0.5) is 13.2 Å². The van der Waals surface area contributed by atoms with Gasteiger partial charge in [0.15, 0.2) is 10.7 Å². The van der Waals surface area contributed by atoms with Gasteiger partial charge in [0, 0.05) is 11.8 Å². The summed E-state index contributed by atoms with van der Waals surface area (Å²) in [4.78, 5) is 14.3. The van der Waals surface area contributed by atoms with Crippen molar-refractivity contribution in [3.63, 3.8) is 0 Å². The number of aromatic carboxylic acids is 1. The van der Waals surface area contributed by atoms with Crippen LogP contribution in [-0.2, 0) is 6.18 Å². The number of nitrogens with zero attached hydrogens (tertiary/aromatic N) is 2. The van der Waals surface area contributed by atoms with Crippen LogP contribution in [0, 0.1) is 0 Å². The number of carbonyl (C=O) groups is 1. The van der Waals surface area contributed by atoms with E-state index in [1.54, 1.807) is 24.3 Å². The summed E-state index contributed by atoms with van der Waals surface area (Å²) in [5.41, 5.74) is -0.352. The van der Waals surface area contributed by atoms with E-state index in [4.69, 9.17) is 9.84 Å². The molecule has 0 aliphatic rings. The number of ether oxygens (including phenoxy) is 1. The molecule has 0 fully saturated rings. The maximum Gasteiger partial charge on any atom is 0.433 e. The molecule has 3 rings (SSSR count). The summed E-state index contributed by atoms with van der Waals surface area (Å²) in [5, 5.41) is 8.96. The molecule has 3 aromatic rings. The highest BCUT2D eigenvalue weighted by molar-refractivity contribution is 7.19.